The zero-order chi connectivity index (χ0) is 16.5. The Kier molecular flexibility index (Phi) is 3.31. The van der Waals surface area contributed by atoms with Gasteiger partial charge in [0.2, 0.25) is 5.91 Å². The quantitative estimate of drug-likeness (QED) is 0.603. The van der Waals surface area contributed by atoms with Crippen LogP contribution in [0.4, 0.5) is 5.69 Å². The Labute approximate surface area is 136 Å². The minimum Gasteiger partial charge on any atom is -0.323 e. The SMILES string of the molecule is O=C(Cn1cnc2ccccc2c1=O)Nc1cccc2cn[nH]c12. The largest absolute Gasteiger partial charge is 0.323 e. The van der Waals surface area contributed by atoms with Gasteiger partial charge in [0.15, 0.2) is 0 Å². The molecule has 0 radical (unpaired) electrons. The Morgan fingerprint density at radius 3 is 2.96 bits per heavy atom. The molecule has 4 rings (SSSR count). The predicted molar refractivity (Wildman–Crippen MR) is 90.7 cm³/mol. The number of aromatic nitrogens is 4. The first-order valence-corrected chi connectivity index (χ1v) is 7.38. The summed E-state index contributed by atoms with van der Waals surface area (Å²) in [6, 6.07) is 12.6. The van der Waals surface area contributed by atoms with Gasteiger partial charge in [-0.3, -0.25) is 19.3 Å². The zero-order valence-corrected chi connectivity index (χ0v) is 12.6. The van der Waals surface area contributed by atoms with Crippen molar-refractivity contribution in [2.75, 3.05) is 5.32 Å². The molecule has 24 heavy (non-hydrogen) atoms. The average molecular weight is 319 g/mol. The van der Waals surface area contributed by atoms with E-state index in [1.165, 1.54) is 10.9 Å². The Bertz CT molecular complexity index is 1110. The van der Waals surface area contributed by atoms with Gasteiger partial charge in [0.1, 0.15) is 6.54 Å². The molecule has 7 heteroatoms. The van der Waals surface area contributed by atoms with Crippen LogP contribution in [-0.2, 0) is 11.3 Å². The summed E-state index contributed by atoms with van der Waals surface area (Å²) in [5.41, 5.74) is 1.74. The molecule has 0 saturated carbocycles. The zero-order valence-electron chi connectivity index (χ0n) is 12.6. The first kappa shape index (κ1) is 14.1. The Morgan fingerprint density at radius 1 is 1.17 bits per heavy atom. The molecule has 0 unspecified atom stereocenters. The lowest BCUT2D eigenvalue weighted by Gasteiger charge is -2.08. The number of hydrogen-bond donors (Lipinski definition) is 2. The lowest BCUT2D eigenvalue weighted by Crippen LogP contribution is -2.27. The van der Waals surface area contributed by atoms with Crippen LogP contribution in [0.1, 0.15) is 0 Å². The summed E-state index contributed by atoms with van der Waals surface area (Å²) < 4.78 is 1.30. The van der Waals surface area contributed by atoms with Gasteiger partial charge in [0, 0.05) is 5.39 Å². The van der Waals surface area contributed by atoms with E-state index in [-0.39, 0.29) is 18.0 Å². The van der Waals surface area contributed by atoms with Crippen LogP contribution in [-0.4, -0.2) is 25.7 Å². The molecule has 2 heterocycles. The van der Waals surface area contributed by atoms with Crippen LogP contribution in [0.25, 0.3) is 21.8 Å². The van der Waals surface area contributed by atoms with E-state index in [1.54, 1.807) is 30.5 Å². The molecule has 118 valence electrons. The molecule has 0 bridgehead atoms. The van der Waals surface area contributed by atoms with Crippen molar-refractivity contribution in [3.63, 3.8) is 0 Å². The summed E-state index contributed by atoms with van der Waals surface area (Å²) in [5, 5.41) is 11.0. The highest BCUT2D eigenvalue weighted by atomic mass is 16.2. The number of H-pyrrole nitrogens is 1. The smallest absolute Gasteiger partial charge is 0.261 e. The maximum Gasteiger partial charge on any atom is 0.261 e. The fraction of sp³-hybridized carbons (Fsp3) is 0.0588. The van der Waals surface area contributed by atoms with E-state index in [0.29, 0.717) is 16.6 Å². The van der Waals surface area contributed by atoms with Crippen LogP contribution < -0.4 is 10.9 Å². The fourth-order valence-corrected chi connectivity index (χ4v) is 2.64. The lowest BCUT2D eigenvalue weighted by molar-refractivity contribution is -0.116. The predicted octanol–water partition coefficient (Wildman–Crippen LogP) is 1.91. The number of amides is 1. The molecule has 1 amide bonds. The van der Waals surface area contributed by atoms with E-state index < -0.39 is 0 Å². The summed E-state index contributed by atoms with van der Waals surface area (Å²) in [5.74, 6) is -0.309. The number of nitrogens with zero attached hydrogens (tertiary/aromatic N) is 3. The van der Waals surface area contributed by atoms with Gasteiger partial charge in [0.25, 0.3) is 5.56 Å². The van der Waals surface area contributed by atoms with Crippen LogP contribution in [0.5, 0.6) is 0 Å². The highest BCUT2D eigenvalue weighted by molar-refractivity contribution is 6.00. The summed E-state index contributed by atoms with van der Waals surface area (Å²) in [4.78, 5) is 28.9. The molecule has 0 aliphatic carbocycles. The molecule has 0 aliphatic heterocycles. The van der Waals surface area contributed by atoms with Crippen molar-refractivity contribution in [3.05, 3.63) is 65.3 Å². The average Bonchev–Trinajstić information content (AvgIpc) is 3.07. The molecule has 4 aromatic rings. The van der Waals surface area contributed by atoms with E-state index >= 15 is 0 Å². The second-order valence-electron chi connectivity index (χ2n) is 5.38. The topological polar surface area (TPSA) is 92.7 Å². The van der Waals surface area contributed by atoms with Crippen molar-refractivity contribution in [2.24, 2.45) is 0 Å². The van der Waals surface area contributed by atoms with Crippen LogP contribution in [0.3, 0.4) is 0 Å². The highest BCUT2D eigenvalue weighted by Crippen LogP contribution is 2.20. The minimum atomic E-state index is -0.309. The number of hydrogen-bond acceptors (Lipinski definition) is 4. The third kappa shape index (κ3) is 2.41. The lowest BCUT2D eigenvalue weighted by atomic mass is 10.2. The van der Waals surface area contributed by atoms with Crippen molar-refractivity contribution in [1.82, 2.24) is 19.7 Å². The molecule has 0 saturated heterocycles. The van der Waals surface area contributed by atoms with Gasteiger partial charge in [-0.1, -0.05) is 24.3 Å². The molecule has 0 atom stereocenters. The van der Waals surface area contributed by atoms with E-state index in [0.717, 1.165) is 10.9 Å². The monoisotopic (exact) mass is 319 g/mol. The maximum atomic E-state index is 12.4. The second-order valence-corrected chi connectivity index (χ2v) is 5.38. The highest BCUT2D eigenvalue weighted by Gasteiger charge is 2.10. The van der Waals surface area contributed by atoms with Gasteiger partial charge in [-0.2, -0.15) is 5.10 Å². The van der Waals surface area contributed by atoms with E-state index in [2.05, 4.69) is 20.5 Å². The second kappa shape index (κ2) is 5.62. The number of benzene rings is 2. The number of nitrogens with one attached hydrogen (secondary N) is 2. The summed E-state index contributed by atoms with van der Waals surface area (Å²) in [6.45, 7) is -0.110. The molecule has 0 aliphatic rings. The van der Waals surface area contributed by atoms with Crippen molar-refractivity contribution in [2.45, 2.75) is 6.54 Å². The maximum absolute atomic E-state index is 12.4. The number of carbonyl (C=O) groups is 1. The number of rotatable bonds is 3. The Morgan fingerprint density at radius 2 is 2.04 bits per heavy atom. The van der Waals surface area contributed by atoms with E-state index in [9.17, 15) is 9.59 Å². The minimum absolute atomic E-state index is 0.110. The van der Waals surface area contributed by atoms with E-state index in [4.69, 9.17) is 0 Å². The summed E-state index contributed by atoms with van der Waals surface area (Å²) >= 11 is 0. The number of para-hydroxylation sites is 2. The third-order valence-electron chi connectivity index (χ3n) is 3.80. The molecule has 2 aromatic heterocycles. The van der Waals surface area contributed by atoms with Crippen molar-refractivity contribution >= 4 is 33.4 Å². The van der Waals surface area contributed by atoms with Crippen LogP contribution >= 0.6 is 0 Å². The van der Waals surface area contributed by atoms with Gasteiger partial charge in [-0.05, 0) is 18.2 Å². The molecule has 0 fully saturated rings. The molecular formula is C17H13N5O2. The normalized spacial score (nSPS) is 11.0. The van der Waals surface area contributed by atoms with Crippen molar-refractivity contribution < 1.29 is 4.79 Å². The standard InChI is InChI=1S/C17H13N5O2/c23-15(20-14-7-3-4-11-8-19-21-16(11)14)9-22-10-18-13-6-2-1-5-12(13)17(22)24/h1-8,10H,9H2,(H,19,21)(H,20,23). The first-order valence-electron chi connectivity index (χ1n) is 7.38. The molecule has 7 nitrogen and oxygen atoms in total. The molecular weight excluding hydrogens is 306 g/mol. The third-order valence-corrected chi connectivity index (χ3v) is 3.80. The molecule has 2 aromatic carbocycles. The van der Waals surface area contributed by atoms with Crippen LogP contribution in [0.15, 0.2) is 59.8 Å². The Hall–Kier alpha value is -3.48. The fourth-order valence-electron chi connectivity index (χ4n) is 2.64. The molecule has 2 N–H and O–H groups in total. The van der Waals surface area contributed by atoms with Crippen LogP contribution in [0.2, 0.25) is 0 Å². The van der Waals surface area contributed by atoms with Crippen LogP contribution in [0, 0.1) is 0 Å². The number of fused-ring (bicyclic) bond motifs is 2. The summed E-state index contributed by atoms with van der Waals surface area (Å²) in [6.07, 6.45) is 3.07. The van der Waals surface area contributed by atoms with E-state index in [1.807, 2.05) is 18.2 Å². The van der Waals surface area contributed by atoms with Crippen molar-refractivity contribution in [3.8, 4) is 0 Å². The summed E-state index contributed by atoms with van der Waals surface area (Å²) in [7, 11) is 0. The van der Waals surface area contributed by atoms with Crippen molar-refractivity contribution in [1.29, 1.82) is 0 Å². The van der Waals surface area contributed by atoms with Gasteiger partial charge in [0.05, 0.1) is 34.6 Å². The number of anilines is 1. The van der Waals surface area contributed by atoms with Gasteiger partial charge in [-0.25, -0.2) is 4.98 Å². The number of aromatic amines is 1. The Balaban J connectivity index is 1.62. The van der Waals surface area contributed by atoms with Gasteiger partial charge < -0.3 is 5.32 Å². The molecule has 0 spiro atoms. The van der Waals surface area contributed by atoms with Gasteiger partial charge >= 0.3 is 0 Å². The first-order chi connectivity index (χ1) is 11.7. The van der Waals surface area contributed by atoms with Gasteiger partial charge in [-0.15, -0.1) is 0 Å². The number of carbonyl (C=O) groups excluding carboxylic acids is 1.